The van der Waals surface area contributed by atoms with Crippen molar-refractivity contribution in [3.63, 3.8) is 0 Å². The fourth-order valence-electron chi connectivity index (χ4n) is 4.40. The molecular formula is C27H30N3O3+. The Morgan fingerprint density at radius 3 is 2.52 bits per heavy atom. The molecule has 0 aromatic heterocycles. The minimum Gasteiger partial charge on any atom is -0.455 e. The van der Waals surface area contributed by atoms with Crippen LogP contribution in [0.1, 0.15) is 51.3 Å². The lowest BCUT2D eigenvalue weighted by Crippen LogP contribution is -2.29. The molecule has 1 aliphatic heterocycles. The molecule has 3 aliphatic rings. The SMILES string of the molecule is CC[N+](CC)=c1ccc2c(C#N)c3c(oc-2c1)-c1ccc(NC(=O)OC(C)(C)C)cc1CC3. The fourth-order valence-corrected chi connectivity index (χ4v) is 4.40. The summed E-state index contributed by atoms with van der Waals surface area (Å²) < 4.78 is 14.0. The summed E-state index contributed by atoms with van der Waals surface area (Å²) in [5.41, 5.74) is 4.62. The molecule has 0 spiro atoms. The lowest BCUT2D eigenvalue weighted by atomic mass is 9.85. The van der Waals surface area contributed by atoms with Crippen molar-refractivity contribution in [2.24, 2.45) is 0 Å². The Labute approximate surface area is 194 Å². The summed E-state index contributed by atoms with van der Waals surface area (Å²) >= 11 is 0. The van der Waals surface area contributed by atoms with E-state index in [0.717, 1.165) is 52.9 Å². The van der Waals surface area contributed by atoms with Gasteiger partial charge in [0.1, 0.15) is 36.3 Å². The predicted octanol–water partition coefficient (Wildman–Crippen LogP) is 5.18. The third kappa shape index (κ3) is 4.49. The zero-order valence-electron chi connectivity index (χ0n) is 19.9. The maximum atomic E-state index is 12.2. The van der Waals surface area contributed by atoms with Gasteiger partial charge in [-0.15, -0.1) is 0 Å². The Bertz CT molecular complexity index is 1300. The van der Waals surface area contributed by atoms with Gasteiger partial charge in [0.2, 0.25) is 5.36 Å². The summed E-state index contributed by atoms with van der Waals surface area (Å²) in [6.45, 7) is 11.5. The molecule has 0 radical (unpaired) electrons. The van der Waals surface area contributed by atoms with E-state index >= 15 is 0 Å². The zero-order valence-corrected chi connectivity index (χ0v) is 19.9. The Morgan fingerprint density at radius 1 is 1.12 bits per heavy atom. The van der Waals surface area contributed by atoms with E-state index in [1.165, 1.54) is 0 Å². The van der Waals surface area contributed by atoms with Crippen LogP contribution in [0.2, 0.25) is 0 Å². The van der Waals surface area contributed by atoms with Crippen molar-refractivity contribution in [1.29, 1.82) is 5.26 Å². The molecule has 0 fully saturated rings. The van der Waals surface area contributed by atoms with Crippen LogP contribution < -0.4 is 15.2 Å². The van der Waals surface area contributed by atoms with Crippen LogP contribution in [-0.4, -0.2) is 24.8 Å². The van der Waals surface area contributed by atoms with Crippen molar-refractivity contribution in [1.82, 2.24) is 4.58 Å². The van der Waals surface area contributed by atoms with E-state index in [9.17, 15) is 10.1 Å². The number of hydrogen-bond acceptors (Lipinski definition) is 4. The number of nitriles is 1. The van der Waals surface area contributed by atoms with Crippen LogP contribution in [-0.2, 0) is 17.6 Å². The third-order valence-electron chi connectivity index (χ3n) is 5.90. The van der Waals surface area contributed by atoms with E-state index in [0.29, 0.717) is 23.4 Å². The third-order valence-corrected chi connectivity index (χ3v) is 5.90. The van der Waals surface area contributed by atoms with Gasteiger partial charge in [-0.25, -0.2) is 9.37 Å². The highest BCUT2D eigenvalue weighted by Crippen LogP contribution is 2.41. The molecule has 170 valence electrons. The van der Waals surface area contributed by atoms with Crippen LogP contribution in [0.25, 0.3) is 22.6 Å². The molecule has 1 N–H and O–H groups in total. The van der Waals surface area contributed by atoms with E-state index in [-0.39, 0.29) is 0 Å². The average Bonchev–Trinajstić information content (AvgIpc) is 2.76. The molecule has 0 bridgehead atoms. The van der Waals surface area contributed by atoms with Crippen molar-refractivity contribution in [2.75, 3.05) is 18.4 Å². The summed E-state index contributed by atoms with van der Waals surface area (Å²) in [6.07, 6.45) is 0.989. The van der Waals surface area contributed by atoms with Gasteiger partial charge in [0.25, 0.3) is 0 Å². The lowest BCUT2D eigenvalue weighted by molar-refractivity contribution is 0.0636. The summed E-state index contributed by atoms with van der Waals surface area (Å²) in [6, 6.07) is 14.2. The van der Waals surface area contributed by atoms with Gasteiger partial charge in [0.05, 0.1) is 11.6 Å². The quantitative estimate of drug-likeness (QED) is 0.565. The maximum Gasteiger partial charge on any atom is 0.412 e. The molecule has 0 atom stereocenters. The largest absolute Gasteiger partial charge is 0.455 e. The van der Waals surface area contributed by atoms with Gasteiger partial charge in [0.15, 0.2) is 0 Å². The van der Waals surface area contributed by atoms with Gasteiger partial charge in [-0.3, -0.25) is 5.32 Å². The van der Waals surface area contributed by atoms with E-state index in [1.54, 1.807) is 0 Å². The van der Waals surface area contributed by atoms with Crippen LogP contribution in [0.5, 0.6) is 0 Å². The molecule has 6 nitrogen and oxygen atoms in total. The van der Waals surface area contributed by atoms with Crippen LogP contribution in [0.4, 0.5) is 10.5 Å². The molecule has 2 aliphatic carbocycles. The monoisotopic (exact) mass is 444 g/mol. The number of nitrogens with one attached hydrogen (secondary N) is 1. The zero-order chi connectivity index (χ0) is 23.8. The predicted molar refractivity (Wildman–Crippen MR) is 129 cm³/mol. The number of carbonyl (C=O) groups excluding carboxylic acids is 1. The van der Waals surface area contributed by atoms with Gasteiger partial charge in [0, 0.05) is 28.4 Å². The molecule has 33 heavy (non-hydrogen) atoms. The maximum absolute atomic E-state index is 12.2. The highest BCUT2D eigenvalue weighted by Gasteiger charge is 2.27. The number of nitrogens with zero attached hydrogens (tertiary/aromatic N) is 2. The fraction of sp³-hybridized carbons (Fsp3) is 0.370. The summed E-state index contributed by atoms with van der Waals surface area (Å²) in [5, 5.41) is 13.9. The second-order valence-corrected chi connectivity index (χ2v) is 9.25. The van der Waals surface area contributed by atoms with Gasteiger partial charge in [-0.1, -0.05) is 0 Å². The van der Waals surface area contributed by atoms with Gasteiger partial charge in [-0.05, 0) is 77.3 Å². The molecule has 1 aromatic rings. The van der Waals surface area contributed by atoms with Crippen LogP contribution in [0, 0.1) is 11.3 Å². The number of anilines is 1. The first-order valence-electron chi connectivity index (χ1n) is 11.4. The van der Waals surface area contributed by atoms with Crippen molar-refractivity contribution in [3.05, 3.63) is 58.4 Å². The van der Waals surface area contributed by atoms with Crippen LogP contribution >= 0.6 is 0 Å². The Balaban J connectivity index is 1.80. The van der Waals surface area contributed by atoms with Crippen LogP contribution in [0.3, 0.4) is 0 Å². The number of hydrogen-bond donors (Lipinski definition) is 1. The molecule has 6 heteroatoms. The summed E-state index contributed by atoms with van der Waals surface area (Å²) in [4.78, 5) is 12.2. The van der Waals surface area contributed by atoms with Gasteiger partial charge < -0.3 is 9.15 Å². The molecule has 1 amide bonds. The molecule has 4 rings (SSSR count). The smallest absolute Gasteiger partial charge is 0.412 e. The number of rotatable bonds is 3. The molecule has 0 saturated carbocycles. The second kappa shape index (κ2) is 8.74. The highest BCUT2D eigenvalue weighted by molar-refractivity contribution is 5.86. The van der Waals surface area contributed by atoms with E-state index < -0.39 is 11.7 Å². The van der Waals surface area contributed by atoms with Gasteiger partial charge in [-0.2, -0.15) is 5.26 Å². The van der Waals surface area contributed by atoms with Crippen LogP contribution in [0.15, 0.2) is 40.8 Å². The second-order valence-electron chi connectivity index (χ2n) is 9.25. The topological polar surface area (TPSA) is 78.3 Å². The Hall–Kier alpha value is -3.59. The minimum absolute atomic E-state index is 0.481. The van der Waals surface area contributed by atoms with Crippen molar-refractivity contribution < 1.29 is 13.9 Å². The number of aryl methyl sites for hydroxylation is 1. The molecule has 0 unspecified atom stereocenters. The number of fused-ring (bicyclic) bond motifs is 4. The van der Waals surface area contributed by atoms with E-state index in [4.69, 9.17) is 9.15 Å². The first-order valence-corrected chi connectivity index (χ1v) is 11.4. The van der Waals surface area contributed by atoms with Crippen molar-refractivity contribution >= 4 is 11.8 Å². The Kier molecular flexibility index (Phi) is 5.99. The molecule has 1 aromatic carbocycles. The average molecular weight is 445 g/mol. The normalized spacial score (nSPS) is 12.5. The van der Waals surface area contributed by atoms with E-state index in [2.05, 4.69) is 35.9 Å². The first-order chi connectivity index (χ1) is 15.7. The standard InChI is InChI=1S/C27H29N3O3/c1-6-30(7-2)19-10-13-21-23(16-28)22-11-8-17-14-18(29-26(31)33-27(3,4)5)9-12-20(17)25(22)32-24(21)15-19/h9-10,12-15H,6-8,11H2,1-5H3/p+1. The molecular weight excluding hydrogens is 414 g/mol. The van der Waals surface area contributed by atoms with E-state index in [1.807, 2.05) is 51.1 Å². The van der Waals surface area contributed by atoms with Crippen molar-refractivity contribution in [2.45, 2.75) is 53.1 Å². The number of benzene rings is 2. The molecule has 0 saturated heterocycles. The summed E-state index contributed by atoms with van der Waals surface area (Å²) in [7, 11) is 0. The lowest BCUT2D eigenvalue weighted by Gasteiger charge is -2.23. The number of ether oxygens (including phenoxy) is 1. The highest BCUT2D eigenvalue weighted by atomic mass is 16.6. The first kappa shape index (κ1) is 22.6. The number of carbonyl (C=O) groups is 1. The van der Waals surface area contributed by atoms with Crippen molar-refractivity contribution in [3.8, 4) is 28.7 Å². The minimum atomic E-state index is -0.561. The Morgan fingerprint density at radius 2 is 1.85 bits per heavy atom. The number of amides is 1. The summed E-state index contributed by atoms with van der Waals surface area (Å²) in [5.74, 6) is 1.44. The van der Waals surface area contributed by atoms with Gasteiger partial charge >= 0.3 is 6.09 Å². The molecule has 1 heterocycles.